The summed E-state index contributed by atoms with van der Waals surface area (Å²) in [6, 6.07) is 4.89. The molecule has 2 rings (SSSR count). The van der Waals surface area contributed by atoms with Crippen LogP contribution in [0, 0.1) is 5.92 Å². The van der Waals surface area contributed by atoms with Crippen LogP contribution in [0.1, 0.15) is 44.9 Å². The highest BCUT2D eigenvalue weighted by Gasteiger charge is 2.19. The monoisotopic (exact) mass is 275 g/mol. The Morgan fingerprint density at radius 2 is 2.30 bits per heavy atom. The molecule has 2 heterocycles. The van der Waals surface area contributed by atoms with Crippen molar-refractivity contribution >= 4 is 0 Å². The molecule has 1 fully saturated rings. The summed E-state index contributed by atoms with van der Waals surface area (Å²) in [4.78, 5) is 7.18. The molecule has 1 saturated heterocycles. The normalized spacial score (nSPS) is 21.1. The zero-order chi connectivity index (χ0) is 14.4. The van der Waals surface area contributed by atoms with Crippen LogP contribution in [0.3, 0.4) is 0 Å². The van der Waals surface area contributed by atoms with Crippen LogP contribution in [0.15, 0.2) is 18.3 Å². The van der Waals surface area contributed by atoms with E-state index in [2.05, 4.69) is 42.0 Å². The first-order valence-corrected chi connectivity index (χ1v) is 8.07. The van der Waals surface area contributed by atoms with Crippen molar-refractivity contribution in [1.82, 2.24) is 15.2 Å². The van der Waals surface area contributed by atoms with Gasteiger partial charge in [-0.15, -0.1) is 0 Å². The molecule has 1 aliphatic heterocycles. The van der Waals surface area contributed by atoms with Gasteiger partial charge in [0.05, 0.1) is 5.69 Å². The lowest BCUT2D eigenvalue weighted by atomic mass is 10.0. The molecule has 3 heteroatoms. The van der Waals surface area contributed by atoms with E-state index in [1.54, 1.807) is 0 Å². The fraction of sp³-hybridized carbons (Fsp3) is 0.706. The van der Waals surface area contributed by atoms with Gasteiger partial charge in [-0.1, -0.05) is 26.8 Å². The summed E-state index contributed by atoms with van der Waals surface area (Å²) in [5.74, 6) is 0.758. The quantitative estimate of drug-likeness (QED) is 0.895. The average Bonchev–Trinajstić information content (AvgIpc) is 2.64. The SMILES string of the molecule is CCc1cccnc1CN1CCCNC(CC(C)C)C1. The molecule has 1 aromatic rings. The summed E-state index contributed by atoms with van der Waals surface area (Å²) in [5.41, 5.74) is 2.66. The predicted molar refractivity (Wildman–Crippen MR) is 84.8 cm³/mol. The number of rotatable bonds is 5. The van der Waals surface area contributed by atoms with Gasteiger partial charge in [0.1, 0.15) is 0 Å². The first-order valence-electron chi connectivity index (χ1n) is 8.07. The molecule has 0 aliphatic carbocycles. The van der Waals surface area contributed by atoms with Crippen molar-refractivity contribution in [3.8, 4) is 0 Å². The van der Waals surface area contributed by atoms with Crippen LogP contribution in [0.4, 0.5) is 0 Å². The summed E-state index contributed by atoms with van der Waals surface area (Å²) in [7, 11) is 0. The zero-order valence-electron chi connectivity index (χ0n) is 13.2. The molecule has 3 nitrogen and oxygen atoms in total. The molecule has 0 amide bonds. The first kappa shape index (κ1) is 15.5. The molecule has 1 unspecified atom stereocenters. The molecule has 1 atom stereocenters. The van der Waals surface area contributed by atoms with Gasteiger partial charge < -0.3 is 5.32 Å². The van der Waals surface area contributed by atoms with Crippen LogP contribution in [-0.4, -0.2) is 35.6 Å². The number of aromatic nitrogens is 1. The maximum Gasteiger partial charge on any atom is 0.0575 e. The third kappa shape index (κ3) is 4.57. The van der Waals surface area contributed by atoms with Crippen molar-refractivity contribution < 1.29 is 0 Å². The average molecular weight is 275 g/mol. The molecule has 0 spiro atoms. The van der Waals surface area contributed by atoms with Gasteiger partial charge in [-0.25, -0.2) is 0 Å². The topological polar surface area (TPSA) is 28.2 Å². The first-order chi connectivity index (χ1) is 9.69. The molecule has 0 saturated carbocycles. The molecule has 0 bridgehead atoms. The highest BCUT2D eigenvalue weighted by Crippen LogP contribution is 2.14. The lowest BCUT2D eigenvalue weighted by Gasteiger charge is -2.25. The fourth-order valence-corrected chi connectivity index (χ4v) is 3.09. The van der Waals surface area contributed by atoms with Crippen molar-refractivity contribution in [2.45, 2.75) is 52.6 Å². The van der Waals surface area contributed by atoms with E-state index in [1.165, 1.54) is 30.6 Å². The second kappa shape index (κ2) is 7.75. The van der Waals surface area contributed by atoms with Crippen LogP contribution < -0.4 is 5.32 Å². The zero-order valence-corrected chi connectivity index (χ0v) is 13.2. The number of nitrogens with zero attached hydrogens (tertiary/aromatic N) is 2. The molecule has 1 aliphatic rings. The van der Waals surface area contributed by atoms with Gasteiger partial charge in [-0.3, -0.25) is 9.88 Å². The minimum atomic E-state index is 0.631. The Kier molecular flexibility index (Phi) is 5.99. The second-order valence-electron chi connectivity index (χ2n) is 6.33. The second-order valence-corrected chi connectivity index (χ2v) is 6.33. The lowest BCUT2D eigenvalue weighted by Crippen LogP contribution is -2.38. The van der Waals surface area contributed by atoms with Gasteiger partial charge in [0.25, 0.3) is 0 Å². The van der Waals surface area contributed by atoms with E-state index in [-0.39, 0.29) is 0 Å². The van der Waals surface area contributed by atoms with E-state index < -0.39 is 0 Å². The van der Waals surface area contributed by atoms with Gasteiger partial charge in [0, 0.05) is 25.3 Å². The highest BCUT2D eigenvalue weighted by molar-refractivity contribution is 5.19. The minimum absolute atomic E-state index is 0.631. The predicted octanol–water partition coefficient (Wildman–Crippen LogP) is 2.85. The number of hydrogen-bond acceptors (Lipinski definition) is 3. The molecule has 0 aromatic carbocycles. The Bertz CT molecular complexity index is 403. The van der Waals surface area contributed by atoms with E-state index in [1.807, 2.05) is 12.3 Å². The molecule has 1 aromatic heterocycles. The number of hydrogen-bond donors (Lipinski definition) is 1. The number of nitrogens with one attached hydrogen (secondary N) is 1. The Morgan fingerprint density at radius 3 is 3.05 bits per heavy atom. The van der Waals surface area contributed by atoms with Crippen LogP contribution >= 0.6 is 0 Å². The molecule has 20 heavy (non-hydrogen) atoms. The van der Waals surface area contributed by atoms with E-state index in [4.69, 9.17) is 0 Å². The van der Waals surface area contributed by atoms with Crippen molar-refractivity contribution in [3.05, 3.63) is 29.6 Å². The van der Waals surface area contributed by atoms with Crippen LogP contribution in [0.25, 0.3) is 0 Å². The van der Waals surface area contributed by atoms with Crippen LogP contribution in [0.2, 0.25) is 0 Å². The van der Waals surface area contributed by atoms with Gasteiger partial charge in [-0.05, 0) is 49.9 Å². The van der Waals surface area contributed by atoms with Crippen molar-refractivity contribution in [3.63, 3.8) is 0 Å². The van der Waals surface area contributed by atoms with Gasteiger partial charge in [0.2, 0.25) is 0 Å². The molecule has 112 valence electrons. The highest BCUT2D eigenvalue weighted by atomic mass is 15.2. The maximum atomic E-state index is 4.60. The summed E-state index contributed by atoms with van der Waals surface area (Å²) in [5, 5.41) is 3.70. The standard InChI is InChI=1S/C17H29N3/c1-4-15-7-5-8-19-17(15)13-20-10-6-9-18-16(12-20)11-14(2)3/h5,7-8,14,16,18H,4,6,9-13H2,1-3H3. The largest absolute Gasteiger partial charge is 0.313 e. The lowest BCUT2D eigenvalue weighted by molar-refractivity contribution is 0.244. The summed E-state index contributed by atoms with van der Waals surface area (Å²) in [6.07, 6.45) is 5.50. The van der Waals surface area contributed by atoms with E-state index in [0.29, 0.717) is 6.04 Å². The number of aryl methyl sites for hydroxylation is 1. The summed E-state index contributed by atoms with van der Waals surface area (Å²) < 4.78 is 0. The summed E-state index contributed by atoms with van der Waals surface area (Å²) >= 11 is 0. The van der Waals surface area contributed by atoms with Crippen molar-refractivity contribution in [1.29, 1.82) is 0 Å². The van der Waals surface area contributed by atoms with Gasteiger partial charge in [0.15, 0.2) is 0 Å². The molecule has 1 N–H and O–H groups in total. The molecular weight excluding hydrogens is 246 g/mol. The number of pyridine rings is 1. The van der Waals surface area contributed by atoms with Gasteiger partial charge >= 0.3 is 0 Å². The Hall–Kier alpha value is -0.930. The third-order valence-electron chi connectivity index (χ3n) is 4.06. The Labute approximate surface area is 123 Å². The van der Waals surface area contributed by atoms with E-state index in [9.17, 15) is 0 Å². The fourth-order valence-electron chi connectivity index (χ4n) is 3.09. The Morgan fingerprint density at radius 1 is 1.45 bits per heavy atom. The van der Waals surface area contributed by atoms with Gasteiger partial charge in [-0.2, -0.15) is 0 Å². The molecule has 0 radical (unpaired) electrons. The van der Waals surface area contributed by atoms with Crippen LogP contribution in [-0.2, 0) is 13.0 Å². The smallest absolute Gasteiger partial charge is 0.0575 e. The van der Waals surface area contributed by atoms with E-state index >= 15 is 0 Å². The minimum Gasteiger partial charge on any atom is -0.313 e. The third-order valence-corrected chi connectivity index (χ3v) is 4.06. The van der Waals surface area contributed by atoms with Crippen molar-refractivity contribution in [2.75, 3.05) is 19.6 Å². The van der Waals surface area contributed by atoms with Crippen molar-refractivity contribution in [2.24, 2.45) is 5.92 Å². The van der Waals surface area contributed by atoms with Crippen LogP contribution in [0.5, 0.6) is 0 Å². The maximum absolute atomic E-state index is 4.60. The molecular formula is C17H29N3. The summed E-state index contributed by atoms with van der Waals surface area (Å²) in [6.45, 7) is 11.3. The van der Waals surface area contributed by atoms with E-state index in [0.717, 1.165) is 32.0 Å². The Balaban J connectivity index is 1.99.